The summed E-state index contributed by atoms with van der Waals surface area (Å²) in [6.45, 7) is 7.55. The van der Waals surface area contributed by atoms with Crippen LogP contribution in [0.2, 0.25) is 0 Å². The summed E-state index contributed by atoms with van der Waals surface area (Å²) in [5.74, 6) is 1.34. The molecule has 18 heavy (non-hydrogen) atoms. The molecule has 0 aromatic carbocycles. The van der Waals surface area contributed by atoms with Crippen molar-refractivity contribution in [2.75, 3.05) is 31.1 Å². The predicted octanol–water partition coefficient (Wildman–Crippen LogP) is 0.884. The first kappa shape index (κ1) is 14.3. The molecule has 0 aliphatic carbocycles. The second-order valence-electron chi connectivity index (χ2n) is 6.20. The van der Waals surface area contributed by atoms with E-state index >= 15 is 0 Å². The molecule has 0 aromatic rings. The molecule has 0 radical (unpaired) electrons. The molecule has 0 spiro atoms. The van der Waals surface area contributed by atoms with Gasteiger partial charge in [0.2, 0.25) is 0 Å². The fourth-order valence-corrected chi connectivity index (χ4v) is 4.86. The van der Waals surface area contributed by atoms with E-state index in [0.717, 1.165) is 26.1 Å². The lowest BCUT2D eigenvalue weighted by Crippen LogP contribution is -2.45. The lowest BCUT2D eigenvalue weighted by molar-refractivity contribution is 0.174. The van der Waals surface area contributed by atoms with E-state index in [4.69, 9.17) is 0 Å². The molecular weight excluding hydrogens is 248 g/mol. The van der Waals surface area contributed by atoms with Crippen molar-refractivity contribution >= 4 is 9.84 Å². The second-order valence-corrected chi connectivity index (χ2v) is 8.43. The minimum Gasteiger partial charge on any atom is -0.313 e. The molecule has 2 rings (SSSR count). The maximum Gasteiger partial charge on any atom is 0.151 e. The van der Waals surface area contributed by atoms with Gasteiger partial charge in [0.15, 0.2) is 9.84 Å². The Hall–Kier alpha value is -0.130. The lowest BCUT2D eigenvalue weighted by Gasteiger charge is -2.32. The molecular formula is C13H26N2O2S. The molecule has 5 heteroatoms. The van der Waals surface area contributed by atoms with Gasteiger partial charge in [-0.25, -0.2) is 8.42 Å². The Balaban J connectivity index is 1.95. The summed E-state index contributed by atoms with van der Waals surface area (Å²) in [6, 6.07) is 0.812. The molecule has 2 fully saturated rings. The molecule has 2 unspecified atom stereocenters. The molecule has 4 nitrogen and oxygen atoms in total. The Morgan fingerprint density at radius 1 is 1.33 bits per heavy atom. The number of hydrogen-bond acceptors (Lipinski definition) is 4. The quantitative estimate of drug-likeness (QED) is 0.809. The van der Waals surface area contributed by atoms with Gasteiger partial charge in [-0.05, 0) is 31.7 Å². The van der Waals surface area contributed by atoms with E-state index in [1.807, 2.05) is 0 Å². The van der Waals surface area contributed by atoms with Crippen LogP contribution >= 0.6 is 0 Å². The van der Waals surface area contributed by atoms with Crippen LogP contribution < -0.4 is 5.32 Å². The molecule has 2 heterocycles. The minimum atomic E-state index is -2.77. The number of nitrogens with zero attached hydrogens (tertiary/aromatic N) is 1. The van der Waals surface area contributed by atoms with Gasteiger partial charge >= 0.3 is 0 Å². The first-order valence-corrected chi connectivity index (χ1v) is 8.96. The normalized spacial score (nSPS) is 31.6. The van der Waals surface area contributed by atoms with Crippen molar-refractivity contribution in [2.24, 2.45) is 5.92 Å². The van der Waals surface area contributed by atoms with Crippen LogP contribution in [0.3, 0.4) is 0 Å². The van der Waals surface area contributed by atoms with Gasteiger partial charge in [0.25, 0.3) is 0 Å². The summed E-state index contributed by atoms with van der Waals surface area (Å²) in [5.41, 5.74) is 0. The van der Waals surface area contributed by atoms with Gasteiger partial charge in [-0.2, -0.15) is 0 Å². The molecule has 2 aliphatic rings. The zero-order valence-corrected chi connectivity index (χ0v) is 12.4. The molecule has 2 atom stereocenters. The van der Waals surface area contributed by atoms with Gasteiger partial charge in [0.05, 0.1) is 11.5 Å². The van der Waals surface area contributed by atoms with E-state index in [-0.39, 0.29) is 6.04 Å². The zero-order valence-electron chi connectivity index (χ0n) is 11.6. The van der Waals surface area contributed by atoms with Crippen molar-refractivity contribution < 1.29 is 8.42 Å². The third kappa shape index (κ3) is 3.93. The van der Waals surface area contributed by atoms with Gasteiger partial charge in [0, 0.05) is 25.2 Å². The monoisotopic (exact) mass is 274 g/mol. The van der Waals surface area contributed by atoms with E-state index in [2.05, 4.69) is 24.1 Å². The highest BCUT2D eigenvalue weighted by molar-refractivity contribution is 7.91. The van der Waals surface area contributed by atoms with E-state index in [1.54, 1.807) is 0 Å². The van der Waals surface area contributed by atoms with Gasteiger partial charge in [-0.1, -0.05) is 13.8 Å². The smallest absolute Gasteiger partial charge is 0.151 e. The summed E-state index contributed by atoms with van der Waals surface area (Å²) in [7, 11) is -2.77. The third-order valence-electron chi connectivity index (χ3n) is 3.94. The Labute approximate surface area is 111 Å². The van der Waals surface area contributed by atoms with Gasteiger partial charge in [-0.3, -0.25) is 4.90 Å². The maximum atomic E-state index is 11.6. The van der Waals surface area contributed by atoms with E-state index in [0.29, 0.717) is 23.5 Å². The van der Waals surface area contributed by atoms with Gasteiger partial charge < -0.3 is 5.32 Å². The van der Waals surface area contributed by atoms with Crippen LogP contribution in [0, 0.1) is 5.92 Å². The van der Waals surface area contributed by atoms with Crippen LogP contribution in [-0.2, 0) is 9.84 Å². The van der Waals surface area contributed by atoms with Crippen LogP contribution in [0.5, 0.6) is 0 Å². The second kappa shape index (κ2) is 5.88. The fourth-order valence-electron chi connectivity index (χ4n) is 3.10. The van der Waals surface area contributed by atoms with E-state index in [9.17, 15) is 8.42 Å². The average Bonchev–Trinajstić information content (AvgIpc) is 2.86. The van der Waals surface area contributed by atoms with Crippen molar-refractivity contribution in [1.82, 2.24) is 10.2 Å². The summed E-state index contributed by atoms with van der Waals surface area (Å²) in [5, 5.41) is 3.51. The highest BCUT2D eigenvalue weighted by atomic mass is 32.2. The summed E-state index contributed by atoms with van der Waals surface area (Å²) >= 11 is 0. The fraction of sp³-hybridized carbons (Fsp3) is 1.00. The standard InChI is InChI=1S/C13H26N2O2S/c1-11(2)8-15(9-12-4-3-6-14-12)13-5-7-18(16,17)10-13/h11-14H,3-10H2,1-2H3. The molecule has 0 aromatic heterocycles. The van der Waals surface area contributed by atoms with Gasteiger partial charge in [-0.15, -0.1) is 0 Å². The van der Waals surface area contributed by atoms with Crippen molar-refractivity contribution in [3.05, 3.63) is 0 Å². The number of rotatable bonds is 5. The molecule has 2 aliphatic heterocycles. The number of hydrogen-bond donors (Lipinski definition) is 1. The Morgan fingerprint density at radius 2 is 2.11 bits per heavy atom. The van der Waals surface area contributed by atoms with E-state index < -0.39 is 9.84 Å². The largest absolute Gasteiger partial charge is 0.313 e. The predicted molar refractivity (Wildman–Crippen MR) is 74.5 cm³/mol. The van der Waals surface area contributed by atoms with Crippen molar-refractivity contribution in [2.45, 2.75) is 45.2 Å². The van der Waals surface area contributed by atoms with Crippen molar-refractivity contribution in [3.8, 4) is 0 Å². The van der Waals surface area contributed by atoms with Crippen LogP contribution in [0.4, 0.5) is 0 Å². The molecule has 0 bridgehead atoms. The van der Waals surface area contributed by atoms with Crippen molar-refractivity contribution in [1.29, 1.82) is 0 Å². The molecule has 0 saturated carbocycles. The third-order valence-corrected chi connectivity index (χ3v) is 5.69. The maximum absolute atomic E-state index is 11.6. The number of nitrogens with one attached hydrogen (secondary N) is 1. The SMILES string of the molecule is CC(C)CN(CC1CCCN1)C1CCS(=O)(=O)C1. The highest BCUT2D eigenvalue weighted by Gasteiger charge is 2.33. The van der Waals surface area contributed by atoms with Crippen LogP contribution in [0.1, 0.15) is 33.1 Å². The first-order chi connectivity index (χ1) is 8.46. The van der Waals surface area contributed by atoms with Crippen LogP contribution in [0.15, 0.2) is 0 Å². The summed E-state index contributed by atoms with van der Waals surface area (Å²) in [6.07, 6.45) is 3.30. The lowest BCUT2D eigenvalue weighted by atomic mass is 10.1. The Morgan fingerprint density at radius 3 is 2.61 bits per heavy atom. The molecule has 106 valence electrons. The highest BCUT2D eigenvalue weighted by Crippen LogP contribution is 2.20. The summed E-state index contributed by atoms with van der Waals surface area (Å²) in [4.78, 5) is 2.41. The Bertz CT molecular complexity index is 361. The average molecular weight is 274 g/mol. The first-order valence-electron chi connectivity index (χ1n) is 7.14. The summed E-state index contributed by atoms with van der Waals surface area (Å²) < 4.78 is 23.3. The van der Waals surface area contributed by atoms with Crippen LogP contribution in [-0.4, -0.2) is 56.5 Å². The number of sulfone groups is 1. The minimum absolute atomic E-state index is 0.250. The topological polar surface area (TPSA) is 49.4 Å². The molecule has 2 saturated heterocycles. The van der Waals surface area contributed by atoms with E-state index in [1.165, 1.54) is 12.8 Å². The molecule has 0 amide bonds. The Kier molecular flexibility index (Phi) is 4.67. The van der Waals surface area contributed by atoms with Crippen molar-refractivity contribution in [3.63, 3.8) is 0 Å². The zero-order chi connectivity index (χ0) is 13.2. The van der Waals surface area contributed by atoms with Gasteiger partial charge in [0.1, 0.15) is 0 Å². The molecule has 1 N–H and O–H groups in total. The van der Waals surface area contributed by atoms with Crippen LogP contribution in [0.25, 0.3) is 0 Å².